The predicted octanol–water partition coefficient (Wildman–Crippen LogP) is 3.09. The maximum Gasteiger partial charge on any atom is 2.00 e. The van der Waals surface area contributed by atoms with Crippen LogP contribution in [0.25, 0.3) is 10.9 Å². The second-order valence-electron chi connectivity index (χ2n) is 8.55. The summed E-state index contributed by atoms with van der Waals surface area (Å²) in [6.07, 6.45) is 0. The van der Waals surface area contributed by atoms with Gasteiger partial charge in [0, 0.05) is 5.39 Å². The van der Waals surface area contributed by atoms with Crippen LogP contribution in [-0.4, -0.2) is 41.2 Å². The van der Waals surface area contributed by atoms with Crippen LogP contribution in [0.3, 0.4) is 0 Å². The normalized spacial score (nSPS) is 10.8. The van der Waals surface area contributed by atoms with Crippen molar-refractivity contribution in [3.05, 3.63) is 88.8 Å². The molecule has 34 heavy (non-hydrogen) atoms. The van der Waals surface area contributed by atoms with Gasteiger partial charge in [-0.3, -0.25) is 4.98 Å². The first-order valence-corrected chi connectivity index (χ1v) is 11.0. The molecule has 10 heteroatoms. The summed E-state index contributed by atoms with van der Waals surface area (Å²) >= 11 is 0. The maximum absolute atomic E-state index is 10.8. The number of hydrogen-bond acceptors (Lipinski definition) is 5. The molecule has 0 spiro atoms. The summed E-state index contributed by atoms with van der Waals surface area (Å²) in [6, 6.07) is 17.1. The van der Waals surface area contributed by atoms with Crippen molar-refractivity contribution in [2.45, 2.75) is 41.5 Å². The summed E-state index contributed by atoms with van der Waals surface area (Å²) in [5, 5.41) is 25.9. The molecule has 0 fully saturated rings. The van der Waals surface area contributed by atoms with Crippen LogP contribution in [0, 0.1) is 41.5 Å². The van der Waals surface area contributed by atoms with Crippen LogP contribution >= 0.6 is 0 Å². The number of rotatable bonds is 3. The van der Waals surface area contributed by atoms with Gasteiger partial charge in [-0.25, -0.2) is 15.3 Å². The summed E-state index contributed by atoms with van der Waals surface area (Å²) in [4.78, 5) is 3.82. The summed E-state index contributed by atoms with van der Waals surface area (Å²) in [5.41, 5.74) is 7.17. The number of pyridine rings is 1. The zero-order chi connectivity index (χ0) is 23.7. The van der Waals surface area contributed by atoms with E-state index in [1.165, 1.54) is 6.07 Å². The predicted molar refractivity (Wildman–Crippen MR) is 130 cm³/mol. The Labute approximate surface area is 209 Å². The summed E-state index contributed by atoms with van der Waals surface area (Å²) in [6.45, 7) is 12.3. The fraction of sp³-hybridized carbons (Fsp3) is 0.250. The molecule has 0 saturated carbocycles. The molecule has 0 atom stereocenters. The van der Waals surface area contributed by atoms with Crippen molar-refractivity contribution in [2.75, 3.05) is 0 Å². The van der Waals surface area contributed by atoms with Gasteiger partial charge in [0.2, 0.25) is 0 Å². The van der Waals surface area contributed by atoms with Gasteiger partial charge < -0.3 is 18.9 Å². The van der Waals surface area contributed by atoms with Gasteiger partial charge in [0.1, 0.15) is 0 Å². The van der Waals surface area contributed by atoms with E-state index in [1.807, 2.05) is 45.0 Å². The fourth-order valence-corrected chi connectivity index (χ4v) is 4.31. The molecule has 178 valence electrons. The SMILES string of the molecule is Cc1cc(C)n([BH-](n2nc(C)cc2C)n2nc(C)cc2C)n1.[Ni+2].[O-]c1ccc2ccccc2n1. The quantitative estimate of drug-likeness (QED) is 0.356. The molecule has 8 nitrogen and oxygen atoms in total. The van der Waals surface area contributed by atoms with Crippen molar-refractivity contribution in [3.8, 4) is 5.88 Å². The number of hydrogen-bond donors (Lipinski definition) is 0. The molecular weight excluding hydrogens is 472 g/mol. The van der Waals surface area contributed by atoms with E-state index in [0.717, 1.165) is 45.1 Å². The Hall–Kier alpha value is -3.38. The van der Waals surface area contributed by atoms with Gasteiger partial charge in [-0.05, 0) is 88.8 Å². The van der Waals surface area contributed by atoms with Gasteiger partial charge in [-0.2, -0.15) is 0 Å². The molecule has 5 rings (SSSR count). The van der Waals surface area contributed by atoms with Gasteiger partial charge in [-0.1, -0.05) is 30.3 Å². The van der Waals surface area contributed by atoms with E-state index in [9.17, 15) is 5.11 Å². The number of aromatic nitrogens is 7. The number of fused-ring (bicyclic) bond motifs is 1. The molecule has 0 bridgehead atoms. The van der Waals surface area contributed by atoms with Crippen molar-refractivity contribution in [2.24, 2.45) is 0 Å². The van der Waals surface area contributed by atoms with Crippen molar-refractivity contribution in [1.82, 2.24) is 34.1 Å². The largest absolute Gasteiger partial charge is 2.00 e. The molecule has 0 saturated heterocycles. The molecule has 0 N–H and O–H groups in total. The van der Waals surface area contributed by atoms with Gasteiger partial charge in [0.25, 0.3) is 0 Å². The second-order valence-corrected chi connectivity index (χ2v) is 8.55. The minimum atomic E-state index is -1.26. The Morgan fingerprint density at radius 2 is 1.09 bits per heavy atom. The van der Waals surface area contributed by atoms with E-state index in [2.05, 4.69) is 57.7 Å². The van der Waals surface area contributed by atoms with Gasteiger partial charge in [0.15, 0.2) is 0 Å². The average molecular weight is 500 g/mol. The van der Waals surface area contributed by atoms with Crippen LogP contribution in [0.2, 0.25) is 0 Å². The van der Waals surface area contributed by atoms with Crippen molar-refractivity contribution < 1.29 is 21.6 Å². The smallest absolute Gasteiger partial charge is 0.859 e. The molecule has 4 heterocycles. The van der Waals surface area contributed by atoms with Crippen molar-refractivity contribution in [1.29, 1.82) is 0 Å². The Kier molecular flexibility index (Phi) is 7.62. The summed E-state index contributed by atoms with van der Waals surface area (Å²) in [7, 11) is -1.26. The molecule has 4 aromatic heterocycles. The summed E-state index contributed by atoms with van der Waals surface area (Å²) in [5.74, 6) is -0.177. The molecule has 0 radical (unpaired) electrons. The average Bonchev–Trinajstić information content (AvgIpc) is 3.39. The Balaban J connectivity index is 0.000000227. The zero-order valence-corrected chi connectivity index (χ0v) is 21.2. The van der Waals surface area contributed by atoms with Crippen LogP contribution in [0.15, 0.2) is 54.6 Å². The number of benzene rings is 1. The van der Waals surface area contributed by atoms with E-state index in [-0.39, 0.29) is 22.4 Å². The molecule has 0 aliphatic rings. The van der Waals surface area contributed by atoms with Crippen LogP contribution in [0.4, 0.5) is 0 Å². The van der Waals surface area contributed by atoms with Crippen LogP contribution in [0.5, 0.6) is 5.88 Å². The molecule has 1 aromatic carbocycles. The minimum Gasteiger partial charge on any atom is -0.859 e. The number of aryl methyl sites for hydroxylation is 6. The first kappa shape index (κ1) is 25.2. The Morgan fingerprint density at radius 1 is 0.647 bits per heavy atom. The Bertz CT molecular complexity index is 1310. The molecule has 0 amide bonds. The Morgan fingerprint density at radius 3 is 1.50 bits per heavy atom. The number of nitrogens with zero attached hydrogens (tertiary/aromatic N) is 7. The zero-order valence-electron chi connectivity index (χ0n) is 20.3. The van der Waals surface area contributed by atoms with Crippen molar-refractivity contribution >= 4 is 18.0 Å². The second kappa shape index (κ2) is 10.3. The standard InChI is InChI=1S/C15H22BN6.C9H7NO.Ni/c1-10-7-13(4)20(17-10)16(21-14(5)8-11(2)18-21)22-15(6)9-12(3)19-22;11-9-6-5-7-3-1-2-4-8(7)10-9;/h7-9,16H,1-6H3;1-6H,(H,10,11);/q-1;;+2/p-1. The molecule has 5 aromatic rings. The first-order chi connectivity index (χ1) is 15.7. The molecule has 0 unspecified atom stereocenters. The minimum absolute atomic E-state index is 0. The van der Waals surface area contributed by atoms with Crippen molar-refractivity contribution in [3.63, 3.8) is 0 Å². The van der Waals surface area contributed by atoms with Gasteiger partial charge in [-0.15, -0.1) is 0 Å². The monoisotopic (exact) mass is 499 g/mol. The third-order valence-corrected chi connectivity index (χ3v) is 5.69. The third kappa shape index (κ3) is 5.23. The molecule has 0 aliphatic heterocycles. The molecular formula is C24H28BN7NiO. The van der Waals surface area contributed by atoms with E-state index in [4.69, 9.17) is 15.3 Å². The van der Waals surface area contributed by atoms with Crippen LogP contribution < -0.4 is 5.11 Å². The van der Waals surface area contributed by atoms with Gasteiger partial charge in [0.05, 0.1) is 22.6 Å². The van der Waals surface area contributed by atoms with Crippen LogP contribution in [-0.2, 0) is 16.5 Å². The topological polar surface area (TPSA) is 89.4 Å². The van der Waals surface area contributed by atoms with Gasteiger partial charge >= 0.3 is 23.6 Å². The first-order valence-electron chi connectivity index (χ1n) is 11.0. The number of para-hydroxylation sites is 1. The molecule has 0 aliphatic carbocycles. The third-order valence-electron chi connectivity index (χ3n) is 5.69. The summed E-state index contributed by atoms with van der Waals surface area (Å²) < 4.78 is 6.19. The van der Waals surface area contributed by atoms with E-state index in [1.54, 1.807) is 6.07 Å². The van der Waals surface area contributed by atoms with E-state index < -0.39 is 7.12 Å². The van der Waals surface area contributed by atoms with E-state index >= 15 is 0 Å². The van der Waals surface area contributed by atoms with E-state index in [0.29, 0.717) is 0 Å². The maximum atomic E-state index is 10.8. The fourth-order valence-electron chi connectivity index (χ4n) is 4.31. The van der Waals surface area contributed by atoms with Crippen LogP contribution in [0.1, 0.15) is 34.2 Å².